The molecule has 0 atom stereocenters. The third-order valence-electron chi connectivity index (χ3n) is 4.50. The summed E-state index contributed by atoms with van der Waals surface area (Å²) >= 11 is 6.28. The number of hydrogen-bond acceptors (Lipinski definition) is 3. The fraction of sp³-hybridized carbons (Fsp3) is 0.471. The monoisotopic (exact) mass is 303 g/mol. The molecule has 2 aromatic rings. The van der Waals surface area contributed by atoms with Crippen LogP contribution in [0.1, 0.15) is 29.3 Å². The summed E-state index contributed by atoms with van der Waals surface area (Å²) < 4.78 is 0. The van der Waals surface area contributed by atoms with Crippen LogP contribution < -0.4 is 5.32 Å². The Balaban J connectivity index is 2.26. The quantitative estimate of drug-likeness (QED) is 0.943. The third kappa shape index (κ3) is 2.54. The molecule has 4 heteroatoms. The maximum Gasteiger partial charge on any atom is 0.0752 e. The first-order chi connectivity index (χ1) is 10.2. The normalized spacial score (nSPS) is 15.4. The molecule has 112 valence electrons. The average Bonchev–Trinajstić information content (AvgIpc) is 2.51. The first-order valence-corrected chi connectivity index (χ1v) is 7.99. The molecule has 2 heterocycles. The average molecular weight is 304 g/mol. The van der Waals surface area contributed by atoms with E-state index in [0.717, 1.165) is 48.7 Å². The van der Waals surface area contributed by atoms with Crippen molar-refractivity contribution < 1.29 is 0 Å². The van der Waals surface area contributed by atoms with Crippen LogP contribution in [-0.2, 0) is 19.5 Å². The van der Waals surface area contributed by atoms with Crippen molar-refractivity contribution in [1.82, 2.24) is 15.2 Å². The minimum atomic E-state index is 0.802. The van der Waals surface area contributed by atoms with E-state index in [1.54, 1.807) is 0 Å². The standard InChI is InChI=1S/C17H22ClN3/c1-4-21-8-7-16-14(10-21)13(9-19-3)12-5-6-15(18)11(2)17(12)20-16/h5-6,19H,4,7-10H2,1-3H3. The lowest BCUT2D eigenvalue weighted by Gasteiger charge is -2.29. The zero-order chi connectivity index (χ0) is 15.0. The number of aromatic nitrogens is 1. The minimum absolute atomic E-state index is 0.802. The van der Waals surface area contributed by atoms with E-state index in [1.807, 2.05) is 13.1 Å². The second kappa shape index (κ2) is 5.91. The van der Waals surface area contributed by atoms with E-state index >= 15 is 0 Å². The Morgan fingerprint density at radius 1 is 1.38 bits per heavy atom. The number of nitrogens with one attached hydrogen (secondary N) is 1. The molecule has 0 spiro atoms. The van der Waals surface area contributed by atoms with Gasteiger partial charge < -0.3 is 5.32 Å². The van der Waals surface area contributed by atoms with E-state index in [2.05, 4.69) is 30.1 Å². The van der Waals surface area contributed by atoms with Crippen molar-refractivity contribution in [3.63, 3.8) is 0 Å². The van der Waals surface area contributed by atoms with Crippen molar-refractivity contribution >= 4 is 22.5 Å². The third-order valence-corrected chi connectivity index (χ3v) is 4.91. The summed E-state index contributed by atoms with van der Waals surface area (Å²) in [4.78, 5) is 7.43. The Bertz CT molecular complexity index is 682. The first-order valence-electron chi connectivity index (χ1n) is 7.62. The van der Waals surface area contributed by atoms with Gasteiger partial charge in [-0.2, -0.15) is 0 Å². The van der Waals surface area contributed by atoms with E-state index in [4.69, 9.17) is 16.6 Å². The van der Waals surface area contributed by atoms with Gasteiger partial charge in [0.1, 0.15) is 0 Å². The van der Waals surface area contributed by atoms with Crippen LogP contribution in [0.4, 0.5) is 0 Å². The second-order valence-corrected chi connectivity index (χ2v) is 6.14. The maximum absolute atomic E-state index is 6.28. The molecule has 0 unspecified atom stereocenters. The van der Waals surface area contributed by atoms with Gasteiger partial charge in [-0.05, 0) is 43.3 Å². The molecule has 1 aliphatic heterocycles. The van der Waals surface area contributed by atoms with Gasteiger partial charge in [-0.1, -0.05) is 24.6 Å². The van der Waals surface area contributed by atoms with Crippen LogP contribution in [-0.4, -0.2) is 30.0 Å². The van der Waals surface area contributed by atoms with E-state index < -0.39 is 0 Å². The number of pyridine rings is 1. The number of halogens is 1. The molecule has 1 aromatic heterocycles. The van der Waals surface area contributed by atoms with Gasteiger partial charge >= 0.3 is 0 Å². The summed E-state index contributed by atoms with van der Waals surface area (Å²) in [5.41, 5.74) is 6.20. The molecule has 0 saturated carbocycles. The predicted molar refractivity (Wildman–Crippen MR) is 88.9 cm³/mol. The number of rotatable bonds is 3. The van der Waals surface area contributed by atoms with Crippen LogP contribution in [0.3, 0.4) is 0 Å². The van der Waals surface area contributed by atoms with Crippen molar-refractivity contribution in [1.29, 1.82) is 0 Å². The Morgan fingerprint density at radius 2 is 2.19 bits per heavy atom. The highest BCUT2D eigenvalue weighted by Crippen LogP contribution is 2.32. The highest BCUT2D eigenvalue weighted by molar-refractivity contribution is 6.32. The molecular weight excluding hydrogens is 282 g/mol. The lowest BCUT2D eigenvalue weighted by atomic mass is 9.94. The van der Waals surface area contributed by atoms with E-state index in [0.29, 0.717) is 0 Å². The van der Waals surface area contributed by atoms with Crippen molar-refractivity contribution in [2.45, 2.75) is 33.4 Å². The maximum atomic E-state index is 6.28. The molecule has 0 saturated heterocycles. The van der Waals surface area contributed by atoms with Gasteiger partial charge in [0.05, 0.1) is 5.52 Å². The molecule has 0 radical (unpaired) electrons. The lowest BCUT2D eigenvalue weighted by molar-refractivity contribution is 0.265. The molecule has 21 heavy (non-hydrogen) atoms. The van der Waals surface area contributed by atoms with Crippen molar-refractivity contribution in [3.8, 4) is 0 Å². The second-order valence-electron chi connectivity index (χ2n) is 5.73. The zero-order valence-electron chi connectivity index (χ0n) is 13.0. The van der Waals surface area contributed by atoms with E-state index in [-0.39, 0.29) is 0 Å². The molecule has 0 amide bonds. The van der Waals surface area contributed by atoms with Crippen LogP contribution in [0, 0.1) is 6.92 Å². The van der Waals surface area contributed by atoms with Crippen LogP contribution in [0.5, 0.6) is 0 Å². The number of hydrogen-bond donors (Lipinski definition) is 1. The number of benzene rings is 1. The summed E-state index contributed by atoms with van der Waals surface area (Å²) in [5.74, 6) is 0. The summed E-state index contributed by atoms with van der Waals surface area (Å²) in [5, 5.41) is 5.35. The highest BCUT2D eigenvalue weighted by atomic mass is 35.5. The Labute approximate surface area is 131 Å². The molecule has 1 N–H and O–H groups in total. The zero-order valence-corrected chi connectivity index (χ0v) is 13.7. The molecule has 0 fully saturated rings. The van der Waals surface area contributed by atoms with E-state index in [9.17, 15) is 0 Å². The first kappa shape index (κ1) is 14.8. The number of aryl methyl sites for hydroxylation is 1. The molecule has 1 aliphatic rings. The van der Waals surface area contributed by atoms with Crippen LogP contribution in [0.2, 0.25) is 5.02 Å². The van der Waals surface area contributed by atoms with Gasteiger partial charge in [0.25, 0.3) is 0 Å². The molecular formula is C17H22ClN3. The van der Waals surface area contributed by atoms with Crippen LogP contribution in [0.25, 0.3) is 10.9 Å². The van der Waals surface area contributed by atoms with Gasteiger partial charge in [0, 0.05) is 42.2 Å². The van der Waals surface area contributed by atoms with Crippen molar-refractivity contribution in [3.05, 3.63) is 39.5 Å². The summed E-state index contributed by atoms with van der Waals surface area (Å²) in [6.45, 7) is 8.36. The number of fused-ring (bicyclic) bond motifs is 2. The fourth-order valence-corrected chi connectivity index (χ4v) is 3.36. The lowest BCUT2D eigenvalue weighted by Crippen LogP contribution is -2.32. The van der Waals surface area contributed by atoms with Crippen LogP contribution >= 0.6 is 11.6 Å². The summed E-state index contributed by atoms with van der Waals surface area (Å²) in [6, 6.07) is 4.11. The van der Waals surface area contributed by atoms with Gasteiger partial charge in [0.2, 0.25) is 0 Å². The molecule has 0 bridgehead atoms. The van der Waals surface area contributed by atoms with Crippen molar-refractivity contribution in [2.75, 3.05) is 20.1 Å². The molecule has 0 aliphatic carbocycles. The molecule has 1 aromatic carbocycles. The van der Waals surface area contributed by atoms with Gasteiger partial charge in [-0.25, -0.2) is 0 Å². The molecule has 3 nitrogen and oxygen atoms in total. The Morgan fingerprint density at radius 3 is 2.90 bits per heavy atom. The molecule has 3 rings (SSSR count). The topological polar surface area (TPSA) is 28.2 Å². The van der Waals surface area contributed by atoms with E-state index in [1.165, 1.54) is 22.2 Å². The fourth-order valence-electron chi connectivity index (χ4n) is 3.21. The number of nitrogens with zero attached hydrogens (tertiary/aromatic N) is 2. The summed E-state index contributed by atoms with van der Waals surface area (Å²) in [6.07, 6.45) is 1.03. The highest BCUT2D eigenvalue weighted by Gasteiger charge is 2.22. The smallest absolute Gasteiger partial charge is 0.0752 e. The Kier molecular flexibility index (Phi) is 4.16. The summed E-state index contributed by atoms with van der Waals surface area (Å²) in [7, 11) is 2.00. The predicted octanol–water partition coefficient (Wildman–Crippen LogP) is 3.29. The Hall–Kier alpha value is -1.16. The van der Waals surface area contributed by atoms with Crippen molar-refractivity contribution in [2.24, 2.45) is 0 Å². The SMILES string of the molecule is CCN1CCc2nc3c(C)c(Cl)ccc3c(CNC)c2C1. The van der Waals surface area contributed by atoms with Gasteiger partial charge in [-0.15, -0.1) is 0 Å². The number of likely N-dealkylation sites (N-methyl/N-ethyl adjacent to an activating group) is 1. The largest absolute Gasteiger partial charge is 0.316 e. The minimum Gasteiger partial charge on any atom is -0.316 e. The van der Waals surface area contributed by atoms with Crippen LogP contribution in [0.15, 0.2) is 12.1 Å². The van der Waals surface area contributed by atoms with Gasteiger partial charge in [0.15, 0.2) is 0 Å². The van der Waals surface area contributed by atoms with Gasteiger partial charge in [-0.3, -0.25) is 9.88 Å².